The number of carbonyl (C=O) groups excluding carboxylic acids is 2. The van der Waals surface area contributed by atoms with E-state index in [0.29, 0.717) is 25.1 Å². The first-order valence-electron chi connectivity index (χ1n) is 13.1. The number of esters is 1. The van der Waals surface area contributed by atoms with Gasteiger partial charge >= 0.3 is 5.97 Å². The molecular weight excluding hydrogens is 440 g/mol. The van der Waals surface area contributed by atoms with Gasteiger partial charge < -0.3 is 14.5 Å². The van der Waals surface area contributed by atoms with Crippen LogP contribution < -0.4 is 4.90 Å². The van der Waals surface area contributed by atoms with Crippen LogP contribution in [-0.4, -0.2) is 72.5 Å². The van der Waals surface area contributed by atoms with Gasteiger partial charge in [0.15, 0.2) is 5.60 Å². The molecule has 2 aliphatic carbocycles. The van der Waals surface area contributed by atoms with Crippen LogP contribution in [0.15, 0.2) is 42.6 Å². The van der Waals surface area contributed by atoms with Crippen LogP contribution in [0, 0.1) is 5.92 Å². The topological polar surface area (TPSA) is 66.0 Å². The Kier molecular flexibility index (Phi) is 4.75. The summed E-state index contributed by atoms with van der Waals surface area (Å²) in [6, 6.07) is 11.8. The monoisotopic (exact) mass is 472 g/mol. The third kappa shape index (κ3) is 3.54. The Labute approximate surface area is 206 Å². The molecular formula is C28H32N4O3. The number of anilines is 1. The first-order chi connectivity index (χ1) is 17.1. The molecule has 4 fully saturated rings. The molecule has 7 rings (SSSR count). The number of amides is 1. The molecule has 2 saturated heterocycles. The second-order valence-electron chi connectivity index (χ2n) is 11.1. The fraction of sp³-hybridized carbons (Fsp3) is 0.536. The smallest absolute Gasteiger partial charge is 0.339 e. The van der Waals surface area contributed by atoms with E-state index in [1.54, 1.807) is 0 Å². The van der Waals surface area contributed by atoms with Gasteiger partial charge in [0.2, 0.25) is 5.91 Å². The van der Waals surface area contributed by atoms with Crippen molar-refractivity contribution in [1.29, 1.82) is 0 Å². The second kappa shape index (κ2) is 7.79. The van der Waals surface area contributed by atoms with Crippen LogP contribution in [0.3, 0.4) is 0 Å². The van der Waals surface area contributed by atoms with Gasteiger partial charge in [0.05, 0.1) is 17.5 Å². The number of nitrogens with zero attached hydrogens (tertiary/aromatic N) is 4. The molecule has 5 aliphatic rings. The van der Waals surface area contributed by atoms with Gasteiger partial charge in [0.25, 0.3) is 0 Å². The zero-order chi connectivity index (χ0) is 23.6. The van der Waals surface area contributed by atoms with Crippen LogP contribution in [0.2, 0.25) is 0 Å². The highest BCUT2D eigenvalue weighted by molar-refractivity contribution is 5.96. The average molecular weight is 473 g/mol. The summed E-state index contributed by atoms with van der Waals surface area (Å²) in [5.74, 6) is 1.83. The molecule has 3 aliphatic heterocycles. The number of ether oxygens (including phenoxy) is 1. The van der Waals surface area contributed by atoms with E-state index in [9.17, 15) is 9.59 Å². The predicted molar refractivity (Wildman–Crippen MR) is 131 cm³/mol. The highest BCUT2D eigenvalue weighted by Crippen LogP contribution is 2.52. The molecule has 1 aromatic heterocycles. The van der Waals surface area contributed by atoms with Crippen LogP contribution in [0.1, 0.15) is 53.6 Å². The van der Waals surface area contributed by atoms with E-state index in [-0.39, 0.29) is 11.9 Å². The minimum atomic E-state index is -0.691. The van der Waals surface area contributed by atoms with Gasteiger partial charge in [0, 0.05) is 57.4 Å². The molecule has 0 bridgehead atoms. The fourth-order valence-corrected chi connectivity index (χ4v) is 6.34. The van der Waals surface area contributed by atoms with Crippen LogP contribution in [-0.2, 0) is 20.5 Å². The third-order valence-corrected chi connectivity index (χ3v) is 8.81. The van der Waals surface area contributed by atoms with E-state index >= 15 is 0 Å². The molecule has 1 aromatic carbocycles. The number of carbonyl (C=O) groups is 2. The number of likely N-dealkylation sites (tertiary alicyclic amines) is 1. The van der Waals surface area contributed by atoms with Crippen molar-refractivity contribution in [3.8, 4) is 0 Å². The molecule has 2 aromatic rings. The van der Waals surface area contributed by atoms with Crippen LogP contribution in [0.5, 0.6) is 0 Å². The molecule has 35 heavy (non-hydrogen) atoms. The van der Waals surface area contributed by atoms with E-state index in [1.165, 1.54) is 19.4 Å². The maximum absolute atomic E-state index is 13.7. The van der Waals surface area contributed by atoms with Gasteiger partial charge in [-0.15, -0.1) is 0 Å². The summed E-state index contributed by atoms with van der Waals surface area (Å²) in [5, 5.41) is 0. The molecule has 1 spiro atoms. The summed E-state index contributed by atoms with van der Waals surface area (Å²) in [6.07, 6.45) is 7.09. The highest BCUT2D eigenvalue weighted by Gasteiger charge is 2.57. The molecule has 7 heteroatoms. The lowest BCUT2D eigenvalue weighted by molar-refractivity contribution is -0.134. The van der Waals surface area contributed by atoms with Crippen molar-refractivity contribution in [3.63, 3.8) is 0 Å². The van der Waals surface area contributed by atoms with Crippen molar-refractivity contribution in [2.75, 3.05) is 50.7 Å². The summed E-state index contributed by atoms with van der Waals surface area (Å²) in [5.41, 5.74) is 1.42. The number of rotatable bonds is 5. The summed E-state index contributed by atoms with van der Waals surface area (Å²) < 4.78 is 5.86. The molecule has 4 heterocycles. The lowest BCUT2D eigenvalue weighted by Crippen LogP contribution is -2.47. The van der Waals surface area contributed by atoms with Crippen molar-refractivity contribution in [2.45, 2.75) is 43.1 Å². The second-order valence-corrected chi connectivity index (χ2v) is 11.1. The normalized spacial score (nSPS) is 27.3. The molecule has 1 amide bonds. The standard InChI is InChI=1S/C28H32N4O3/c33-25-22-3-1-2-4-23(22)28(35-25)11-12-32(19-28)26(34)27(9-10-27)21-7-8-24(29-17-21)31-15-13-30(14-16-31)18-20-5-6-20/h1-4,7-8,17,20H,5-6,9-16,18-19H2/t28-/m0/s1. The van der Waals surface area contributed by atoms with E-state index in [1.807, 2.05) is 35.4 Å². The third-order valence-electron chi connectivity index (χ3n) is 8.81. The number of pyridine rings is 1. The SMILES string of the molecule is O=C1O[C@]2(CCN(C(=O)C3(c4ccc(N5CCN(CC6CC6)CC5)nc4)CC3)C2)c2ccccc21. The summed E-state index contributed by atoms with van der Waals surface area (Å²) in [7, 11) is 0. The highest BCUT2D eigenvalue weighted by atomic mass is 16.6. The zero-order valence-corrected chi connectivity index (χ0v) is 20.1. The first kappa shape index (κ1) is 21.4. The van der Waals surface area contributed by atoms with Crippen molar-refractivity contribution in [3.05, 3.63) is 59.3 Å². The lowest BCUT2D eigenvalue weighted by atomic mass is 9.91. The van der Waals surface area contributed by atoms with Gasteiger partial charge in [0.1, 0.15) is 5.82 Å². The number of piperazine rings is 1. The number of hydrogen-bond acceptors (Lipinski definition) is 6. The van der Waals surface area contributed by atoms with Crippen molar-refractivity contribution in [2.24, 2.45) is 5.92 Å². The minimum Gasteiger partial charge on any atom is -0.449 e. The largest absolute Gasteiger partial charge is 0.449 e. The molecule has 182 valence electrons. The van der Waals surface area contributed by atoms with Gasteiger partial charge in [-0.25, -0.2) is 9.78 Å². The predicted octanol–water partition coefficient (Wildman–Crippen LogP) is 2.94. The van der Waals surface area contributed by atoms with Crippen LogP contribution in [0.25, 0.3) is 0 Å². The van der Waals surface area contributed by atoms with E-state index in [0.717, 1.165) is 61.9 Å². The Bertz CT molecular complexity index is 1160. The molecule has 0 unspecified atom stereocenters. The molecule has 0 N–H and O–H groups in total. The summed E-state index contributed by atoms with van der Waals surface area (Å²) in [6.45, 7) is 6.54. The summed E-state index contributed by atoms with van der Waals surface area (Å²) in [4.78, 5) is 37.8. The van der Waals surface area contributed by atoms with Crippen LogP contribution in [0.4, 0.5) is 5.82 Å². The lowest BCUT2D eigenvalue weighted by Gasteiger charge is -2.35. The van der Waals surface area contributed by atoms with Gasteiger partial charge in [-0.3, -0.25) is 9.69 Å². The van der Waals surface area contributed by atoms with E-state index in [4.69, 9.17) is 9.72 Å². The van der Waals surface area contributed by atoms with Gasteiger partial charge in [-0.05, 0) is 49.3 Å². The maximum atomic E-state index is 13.7. The maximum Gasteiger partial charge on any atom is 0.339 e. The molecule has 2 saturated carbocycles. The molecule has 0 radical (unpaired) electrons. The van der Waals surface area contributed by atoms with Crippen molar-refractivity contribution in [1.82, 2.24) is 14.8 Å². The number of fused-ring (bicyclic) bond motifs is 2. The van der Waals surface area contributed by atoms with Gasteiger partial charge in [-0.1, -0.05) is 24.3 Å². The average Bonchev–Trinajstić information content (AvgIpc) is 3.82. The Morgan fingerprint density at radius 1 is 1.00 bits per heavy atom. The van der Waals surface area contributed by atoms with Gasteiger partial charge in [-0.2, -0.15) is 0 Å². The Hall–Kier alpha value is -2.93. The number of aromatic nitrogens is 1. The van der Waals surface area contributed by atoms with Crippen LogP contribution >= 0.6 is 0 Å². The fourth-order valence-electron chi connectivity index (χ4n) is 6.34. The Morgan fingerprint density at radius 3 is 2.51 bits per heavy atom. The molecule has 7 nitrogen and oxygen atoms in total. The molecule has 1 atom stereocenters. The zero-order valence-electron chi connectivity index (χ0n) is 20.1. The number of benzene rings is 1. The first-order valence-corrected chi connectivity index (χ1v) is 13.1. The summed E-state index contributed by atoms with van der Waals surface area (Å²) >= 11 is 0. The van der Waals surface area contributed by atoms with E-state index < -0.39 is 11.0 Å². The quantitative estimate of drug-likeness (QED) is 0.624. The minimum absolute atomic E-state index is 0.151. The Balaban J connectivity index is 1.03. The van der Waals surface area contributed by atoms with Crippen molar-refractivity contribution >= 4 is 17.7 Å². The van der Waals surface area contributed by atoms with Crippen molar-refractivity contribution < 1.29 is 14.3 Å². The number of hydrogen-bond donors (Lipinski definition) is 0. The van der Waals surface area contributed by atoms with E-state index in [2.05, 4.69) is 21.9 Å². The Morgan fingerprint density at radius 2 is 1.80 bits per heavy atom.